The van der Waals surface area contributed by atoms with Gasteiger partial charge in [0.05, 0.1) is 13.7 Å². The largest absolute Gasteiger partial charge is 0.496 e. The number of aliphatic imine (C=N–C) groups is 1. The van der Waals surface area contributed by atoms with Crippen LogP contribution in [-0.2, 0) is 22.5 Å². The Morgan fingerprint density at radius 3 is 2.50 bits per heavy atom. The van der Waals surface area contributed by atoms with Crippen LogP contribution in [0.5, 0.6) is 11.5 Å². The number of carbonyl (C=O) groups is 1. The number of aliphatic hydroxyl groups is 1. The van der Waals surface area contributed by atoms with Crippen LogP contribution in [0.25, 0.3) is 0 Å². The molecule has 0 saturated heterocycles. The molecule has 1 aliphatic rings. The van der Waals surface area contributed by atoms with Gasteiger partial charge in [0.15, 0.2) is 11.6 Å². The molecule has 2 atom stereocenters. The van der Waals surface area contributed by atoms with Gasteiger partial charge in [-0.15, -0.1) is 0 Å². The van der Waals surface area contributed by atoms with E-state index in [1.807, 2.05) is 60.7 Å². The van der Waals surface area contributed by atoms with Gasteiger partial charge in [-0.25, -0.2) is 4.99 Å². The van der Waals surface area contributed by atoms with E-state index < -0.39 is 11.6 Å². The predicted molar refractivity (Wildman–Crippen MR) is 176 cm³/mol. The molecule has 0 radical (unpaired) electrons. The highest BCUT2D eigenvalue weighted by Gasteiger charge is 2.53. The molecule has 0 fully saturated rings. The highest BCUT2D eigenvalue weighted by Crippen LogP contribution is 2.45. The quantitative estimate of drug-likeness (QED) is 0.151. The van der Waals surface area contributed by atoms with Crippen LogP contribution in [0.1, 0.15) is 34.8 Å². The number of hydrogen-bond acceptors (Lipinski definition) is 6. The Hall–Kier alpha value is -3.56. The van der Waals surface area contributed by atoms with Gasteiger partial charge in [-0.1, -0.05) is 75.5 Å². The second kappa shape index (κ2) is 14.5. The van der Waals surface area contributed by atoms with Crippen molar-refractivity contribution in [3.05, 3.63) is 128 Å². The summed E-state index contributed by atoms with van der Waals surface area (Å²) in [7, 11) is 1.60. The summed E-state index contributed by atoms with van der Waals surface area (Å²) in [5, 5.41) is 13.0. The summed E-state index contributed by atoms with van der Waals surface area (Å²) in [4.78, 5) is 19.6. The van der Waals surface area contributed by atoms with Crippen LogP contribution in [0, 0.1) is 0 Å². The number of carbonyl (C=O) groups excluding carboxylic acids is 1. The molecule has 10 heteroatoms. The van der Waals surface area contributed by atoms with E-state index in [1.165, 1.54) is 0 Å². The number of amides is 1. The van der Waals surface area contributed by atoms with Crippen LogP contribution in [-0.4, -0.2) is 42.8 Å². The van der Waals surface area contributed by atoms with Gasteiger partial charge in [0.2, 0.25) is 5.90 Å². The summed E-state index contributed by atoms with van der Waals surface area (Å²) in [6.45, 7) is 0.667. The maximum atomic E-state index is 14.5. The molecular formula is C34H31BrCl2N2O5. The first-order chi connectivity index (χ1) is 21.3. The molecule has 44 heavy (non-hydrogen) atoms. The Morgan fingerprint density at radius 1 is 1.05 bits per heavy atom. The van der Waals surface area contributed by atoms with Crippen molar-refractivity contribution in [2.24, 2.45) is 4.99 Å². The number of halogens is 3. The highest BCUT2D eigenvalue weighted by molar-refractivity contribution is 9.10. The molecule has 1 aliphatic heterocycles. The first kappa shape index (κ1) is 31.9. The fourth-order valence-electron chi connectivity index (χ4n) is 5.06. The molecule has 0 spiro atoms. The third-order valence-corrected chi connectivity index (χ3v) is 8.38. The van der Waals surface area contributed by atoms with Crippen molar-refractivity contribution < 1.29 is 24.1 Å². The van der Waals surface area contributed by atoms with E-state index >= 15 is 0 Å². The fraction of sp³-hybridized carbons (Fsp3) is 0.235. The Balaban J connectivity index is 1.58. The Labute approximate surface area is 274 Å². The number of hydrogen-bond donors (Lipinski definition) is 2. The molecule has 1 amide bonds. The van der Waals surface area contributed by atoms with Gasteiger partial charge in [-0.05, 0) is 60.2 Å². The van der Waals surface area contributed by atoms with Crippen LogP contribution >= 0.6 is 39.1 Å². The fourth-order valence-corrected chi connectivity index (χ4v) is 5.84. The van der Waals surface area contributed by atoms with Crippen LogP contribution in [0.2, 0.25) is 10.0 Å². The van der Waals surface area contributed by atoms with Gasteiger partial charge in [0.25, 0.3) is 5.91 Å². The van der Waals surface area contributed by atoms with E-state index in [9.17, 15) is 4.79 Å². The minimum absolute atomic E-state index is 0.0525. The van der Waals surface area contributed by atoms with Crippen molar-refractivity contribution in [3.8, 4) is 11.5 Å². The van der Waals surface area contributed by atoms with E-state index in [2.05, 4.69) is 21.2 Å². The Bertz CT molecular complexity index is 1630. The lowest BCUT2D eigenvalue weighted by atomic mass is 9.82. The molecule has 5 rings (SSSR count). The summed E-state index contributed by atoms with van der Waals surface area (Å²) in [5.41, 5.74) is 1.53. The van der Waals surface area contributed by atoms with E-state index in [0.717, 1.165) is 15.6 Å². The van der Waals surface area contributed by atoms with Crippen LogP contribution < -0.4 is 14.8 Å². The molecule has 0 unspecified atom stereocenters. The topological polar surface area (TPSA) is 89.4 Å². The maximum Gasteiger partial charge on any atom is 0.252 e. The highest BCUT2D eigenvalue weighted by atomic mass is 79.9. The zero-order chi connectivity index (χ0) is 31.1. The van der Waals surface area contributed by atoms with Crippen LogP contribution in [0.15, 0.2) is 100 Å². The Kier molecular flexibility index (Phi) is 10.5. The number of para-hydroxylation sites is 1. The van der Waals surface area contributed by atoms with Crippen molar-refractivity contribution >= 4 is 50.9 Å². The van der Waals surface area contributed by atoms with Gasteiger partial charge >= 0.3 is 0 Å². The summed E-state index contributed by atoms with van der Waals surface area (Å²) in [6, 6.07) is 27.7. The average molecular weight is 698 g/mol. The number of ether oxygens (including phenoxy) is 3. The van der Waals surface area contributed by atoms with Gasteiger partial charge < -0.3 is 24.6 Å². The standard InChI is InChI=1S/C34H31BrCl2N2O5/c1-42-30-6-3-2-5-24(30)21-38-33(41)34(20-22-7-11-25(35)12-8-22)31(28-16-13-26(36)19-29(28)37)44-32(39-34)23-9-14-27(15-10-23)43-18-4-17-40/h2-3,5-16,19,31,40H,4,17-18,20-21H2,1H3,(H,38,41)/t31-,34-/m1/s1. The van der Waals surface area contributed by atoms with Crippen LogP contribution in [0.4, 0.5) is 0 Å². The Morgan fingerprint density at radius 2 is 1.80 bits per heavy atom. The number of benzene rings is 4. The molecule has 0 bridgehead atoms. The summed E-state index contributed by atoms with van der Waals surface area (Å²) in [5.74, 6) is 1.28. The zero-order valence-corrected chi connectivity index (χ0v) is 27.0. The molecule has 0 aromatic heterocycles. The third-order valence-electron chi connectivity index (χ3n) is 7.29. The molecule has 7 nitrogen and oxygen atoms in total. The lowest BCUT2D eigenvalue weighted by Crippen LogP contribution is -2.49. The summed E-state index contributed by atoms with van der Waals surface area (Å²) in [6.07, 6.45) is -0.110. The third kappa shape index (κ3) is 7.21. The van der Waals surface area contributed by atoms with Gasteiger partial charge in [0, 0.05) is 57.2 Å². The maximum absolute atomic E-state index is 14.5. The van der Waals surface area contributed by atoms with Crippen molar-refractivity contribution in [1.29, 1.82) is 0 Å². The molecule has 1 heterocycles. The number of aliphatic hydroxyl groups excluding tert-OH is 1. The first-order valence-electron chi connectivity index (χ1n) is 14.0. The van der Waals surface area contributed by atoms with Crippen LogP contribution in [0.3, 0.4) is 0 Å². The normalized spacial score (nSPS) is 17.5. The molecule has 228 valence electrons. The smallest absolute Gasteiger partial charge is 0.252 e. The summed E-state index contributed by atoms with van der Waals surface area (Å²) < 4.78 is 18.7. The van der Waals surface area contributed by atoms with E-state index in [4.69, 9.17) is 47.5 Å². The molecule has 4 aromatic rings. The minimum atomic E-state index is -1.43. The number of nitrogens with one attached hydrogen (secondary N) is 1. The second-order valence-corrected chi connectivity index (χ2v) is 12.0. The van der Waals surface area contributed by atoms with E-state index in [0.29, 0.717) is 51.6 Å². The summed E-state index contributed by atoms with van der Waals surface area (Å²) >= 11 is 16.5. The van der Waals surface area contributed by atoms with E-state index in [1.54, 1.807) is 37.4 Å². The van der Waals surface area contributed by atoms with Crippen molar-refractivity contribution in [2.75, 3.05) is 20.3 Å². The molecule has 4 aromatic carbocycles. The minimum Gasteiger partial charge on any atom is -0.496 e. The van der Waals surface area contributed by atoms with Crippen molar-refractivity contribution in [1.82, 2.24) is 5.32 Å². The number of rotatable bonds is 12. The van der Waals surface area contributed by atoms with Crippen molar-refractivity contribution in [3.63, 3.8) is 0 Å². The average Bonchev–Trinajstić information content (AvgIpc) is 3.41. The van der Waals surface area contributed by atoms with Gasteiger partial charge in [-0.2, -0.15) is 0 Å². The lowest BCUT2D eigenvalue weighted by Gasteiger charge is -2.31. The first-order valence-corrected chi connectivity index (χ1v) is 15.6. The van der Waals surface area contributed by atoms with E-state index in [-0.39, 0.29) is 25.5 Å². The van der Waals surface area contributed by atoms with Gasteiger partial charge in [-0.3, -0.25) is 4.79 Å². The SMILES string of the molecule is COc1ccccc1CNC(=O)[C@]1(Cc2ccc(Br)cc2)N=C(c2ccc(OCCCO)cc2)O[C@@H]1c1ccc(Cl)cc1Cl. The van der Waals surface area contributed by atoms with Crippen molar-refractivity contribution in [2.45, 2.75) is 31.0 Å². The molecule has 0 saturated carbocycles. The molecule has 2 N–H and O–H groups in total. The second-order valence-electron chi connectivity index (χ2n) is 10.3. The number of methoxy groups -OCH3 is 1. The molecular weight excluding hydrogens is 667 g/mol. The van der Waals surface area contributed by atoms with Gasteiger partial charge in [0.1, 0.15) is 11.5 Å². The lowest BCUT2D eigenvalue weighted by molar-refractivity contribution is -0.129. The zero-order valence-electron chi connectivity index (χ0n) is 23.9. The predicted octanol–water partition coefficient (Wildman–Crippen LogP) is 7.34. The number of nitrogens with zero attached hydrogens (tertiary/aromatic N) is 1. The monoisotopic (exact) mass is 696 g/mol. The molecule has 0 aliphatic carbocycles.